The van der Waals surface area contributed by atoms with Crippen molar-refractivity contribution in [3.05, 3.63) is 11.6 Å². The summed E-state index contributed by atoms with van der Waals surface area (Å²) in [4.78, 5) is 0. The fourth-order valence-electron chi connectivity index (χ4n) is 2.20. The zero-order chi connectivity index (χ0) is 9.90. The fraction of sp³-hybridized carbons (Fsp3) is 0.833. The number of rotatable bonds is 3. The van der Waals surface area contributed by atoms with E-state index >= 15 is 0 Å². The van der Waals surface area contributed by atoms with Gasteiger partial charge in [0.25, 0.3) is 0 Å². The average molecular weight is 182 g/mol. The van der Waals surface area contributed by atoms with Crippen LogP contribution < -0.4 is 0 Å². The molecule has 0 aromatic heterocycles. The van der Waals surface area contributed by atoms with Gasteiger partial charge in [0, 0.05) is 0 Å². The lowest BCUT2D eigenvalue weighted by Gasteiger charge is -2.36. The molecule has 0 bridgehead atoms. The highest BCUT2D eigenvalue weighted by atomic mass is 16.3. The molecular weight excluding hydrogens is 160 g/mol. The van der Waals surface area contributed by atoms with Gasteiger partial charge >= 0.3 is 0 Å². The van der Waals surface area contributed by atoms with Crippen molar-refractivity contribution >= 4 is 0 Å². The van der Waals surface area contributed by atoms with Crippen molar-refractivity contribution in [1.82, 2.24) is 0 Å². The van der Waals surface area contributed by atoms with Crippen molar-refractivity contribution in [2.75, 3.05) is 0 Å². The van der Waals surface area contributed by atoms with Crippen LogP contribution in [0.3, 0.4) is 0 Å². The highest BCUT2D eigenvalue weighted by molar-refractivity contribution is 5.18. The molecule has 0 aromatic carbocycles. The number of hydrogen-bond acceptors (Lipinski definition) is 1. The molecule has 2 unspecified atom stereocenters. The van der Waals surface area contributed by atoms with Gasteiger partial charge in [0.05, 0.1) is 6.10 Å². The molecule has 0 aliphatic heterocycles. The van der Waals surface area contributed by atoms with Crippen molar-refractivity contribution in [3.63, 3.8) is 0 Å². The Morgan fingerprint density at radius 3 is 2.77 bits per heavy atom. The van der Waals surface area contributed by atoms with Crippen molar-refractivity contribution in [1.29, 1.82) is 0 Å². The van der Waals surface area contributed by atoms with Crippen LogP contribution in [0.15, 0.2) is 11.6 Å². The summed E-state index contributed by atoms with van der Waals surface area (Å²) in [7, 11) is 0. The lowest BCUT2D eigenvalue weighted by molar-refractivity contribution is 0.163. The van der Waals surface area contributed by atoms with Gasteiger partial charge in [-0.05, 0) is 31.1 Å². The van der Waals surface area contributed by atoms with Crippen LogP contribution in [0.1, 0.15) is 52.9 Å². The first-order valence-corrected chi connectivity index (χ1v) is 5.51. The molecule has 0 saturated carbocycles. The molecule has 1 aliphatic rings. The summed E-state index contributed by atoms with van der Waals surface area (Å²) in [5.41, 5.74) is 1.85. The Kier molecular flexibility index (Phi) is 3.55. The van der Waals surface area contributed by atoms with Gasteiger partial charge in [-0.2, -0.15) is 0 Å². The van der Waals surface area contributed by atoms with Crippen molar-refractivity contribution in [2.45, 2.75) is 59.0 Å². The first-order chi connectivity index (χ1) is 6.12. The predicted octanol–water partition coefficient (Wildman–Crippen LogP) is 3.28. The summed E-state index contributed by atoms with van der Waals surface area (Å²) in [6.07, 6.45) is 7.55. The lowest BCUT2D eigenvalue weighted by Crippen LogP contribution is -2.26. The van der Waals surface area contributed by atoms with Crippen LogP contribution in [0, 0.1) is 5.41 Å². The quantitative estimate of drug-likeness (QED) is 0.664. The van der Waals surface area contributed by atoms with Crippen molar-refractivity contribution in [2.24, 2.45) is 5.41 Å². The maximum absolute atomic E-state index is 9.56. The molecule has 1 rings (SSSR count). The first kappa shape index (κ1) is 10.8. The van der Waals surface area contributed by atoms with Gasteiger partial charge in [-0.25, -0.2) is 0 Å². The second-order valence-corrected chi connectivity index (χ2v) is 4.46. The number of hydrogen-bond donors (Lipinski definition) is 1. The van der Waals surface area contributed by atoms with Crippen LogP contribution in [0.5, 0.6) is 0 Å². The Morgan fingerprint density at radius 2 is 2.23 bits per heavy atom. The molecule has 0 amide bonds. The highest BCUT2D eigenvalue weighted by Gasteiger charge is 2.30. The van der Waals surface area contributed by atoms with Gasteiger partial charge in [0.2, 0.25) is 0 Å². The van der Waals surface area contributed by atoms with Gasteiger partial charge in [0.1, 0.15) is 0 Å². The molecule has 1 nitrogen and oxygen atoms in total. The van der Waals surface area contributed by atoms with Crippen LogP contribution in [0.25, 0.3) is 0 Å². The molecule has 0 spiro atoms. The van der Waals surface area contributed by atoms with Crippen LogP contribution in [-0.4, -0.2) is 11.2 Å². The molecule has 1 aliphatic carbocycles. The molecule has 0 saturated heterocycles. The Bertz CT molecular complexity index is 195. The van der Waals surface area contributed by atoms with E-state index < -0.39 is 0 Å². The maximum atomic E-state index is 9.56. The van der Waals surface area contributed by atoms with E-state index in [1.807, 2.05) is 0 Å². The molecule has 0 radical (unpaired) electrons. The maximum Gasteiger partial charge on any atom is 0.0724 e. The van der Waals surface area contributed by atoms with Crippen LogP contribution in [-0.2, 0) is 0 Å². The normalized spacial score (nSPS) is 34.5. The highest BCUT2D eigenvalue weighted by Crippen LogP contribution is 2.41. The SMILES string of the molecule is CCCC1=CC(O)CCC1(C)CC. The molecule has 1 N–H and O–H groups in total. The predicted molar refractivity (Wildman–Crippen MR) is 56.6 cm³/mol. The summed E-state index contributed by atoms with van der Waals surface area (Å²) in [5.74, 6) is 0. The van der Waals surface area contributed by atoms with E-state index in [0.717, 1.165) is 19.3 Å². The second-order valence-electron chi connectivity index (χ2n) is 4.46. The minimum absolute atomic E-state index is 0.179. The van der Waals surface area contributed by atoms with E-state index in [4.69, 9.17) is 0 Å². The zero-order valence-electron chi connectivity index (χ0n) is 9.14. The third kappa shape index (κ3) is 2.34. The van der Waals surface area contributed by atoms with E-state index in [1.54, 1.807) is 0 Å². The van der Waals surface area contributed by atoms with Crippen LogP contribution in [0.4, 0.5) is 0 Å². The fourth-order valence-corrected chi connectivity index (χ4v) is 2.20. The standard InChI is InChI=1S/C12H22O/c1-4-6-10-9-11(13)7-8-12(10,3)5-2/h9,11,13H,4-8H2,1-3H3. The monoisotopic (exact) mass is 182 g/mol. The topological polar surface area (TPSA) is 20.2 Å². The molecule has 0 fully saturated rings. The Balaban J connectivity index is 2.79. The van der Waals surface area contributed by atoms with Gasteiger partial charge in [-0.1, -0.05) is 38.8 Å². The second kappa shape index (κ2) is 4.28. The summed E-state index contributed by atoms with van der Waals surface area (Å²) in [5, 5.41) is 9.56. The first-order valence-electron chi connectivity index (χ1n) is 5.51. The summed E-state index contributed by atoms with van der Waals surface area (Å²) in [6.45, 7) is 6.79. The zero-order valence-corrected chi connectivity index (χ0v) is 9.14. The Morgan fingerprint density at radius 1 is 1.54 bits per heavy atom. The largest absolute Gasteiger partial charge is 0.389 e. The van der Waals surface area contributed by atoms with Gasteiger partial charge in [-0.15, -0.1) is 0 Å². The van der Waals surface area contributed by atoms with Crippen molar-refractivity contribution in [3.8, 4) is 0 Å². The van der Waals surface area contributed by atoms with E-state index in [1.165, 1.54) is 18.4 Å². The Hall–Kier alpha value is -0.300. The molecular formula is C12H22O. The third-order valence-corrected chi connectivity index (χ3v) is 3.46. The lowest BCUT2D eigenvalue weighted by atomic mass is 9.70. The van der Waals surface area contributed by atoms with E-state index in [2.05, 4.69) is 26.8 Å². The summed E-state index contributed by atoms with van der Waals surface area (Å²) in [6, 6.07) is 0. The summed E-state index contributed by atoms with van der Waals surface area (Å²) >= 11 is 0. The Labute approximate surface area is 81.9 Å². The van der Waals surface area contributed by atoms with Crippen LogP contribution >= 0.6 is 0 Å². The van der Waals surface area contributed by atoms with Crippen LogP contribution in [0.2, 0.25) is 0 Å². The number of aliphatic hydroxyl groups is 1. The molecule has 13 heavy (non-hydrogen) atoms. The number of aliphatic hydroxyl groups excluding tert-OH is 1. The minimum Gasteiger partial charge on any atom is -0.389 e. The van der Waals surface area contributed by atoms with Gasteiger partial charge in [0.15, 0.2) is 0 Å². The average Bonchev–Trinajstić information content (AvgIpc) is 2.12. The van der Waals surface area contributed by atoms with E-state index in [0.29, 0.717) is 5.41 Å². The minimum atomic E-state index is -0.179. The van der Waals surface area contributed by atoms with Gasteiger partial charge in [-0.3, -0.25) is 0 Å². The molecule has 1 heteroatoms. The van der Waals surface area contributed by atoms with E-state index in [-0.39, 0.29) is 6.10 Å². The molecule has 0 heterocycles. The smallest absolute Gasteiger partial charge is 0.0724 e. The van der Waals surface area contributed by atoms with Gasteiger partial charge < -0.3 is 5.11 Å². The van der Waals surface area contributed by atoms with E-state index in [9.17, 15) is 5.11 Å². The van der Waals surface area contributed by atoms with Crippen molar-refractivity contribution < 1.29 is 5.11 Å². The number of allylic oxidation sites excluding steroid dienone is 1. The third-order valence-electron chi connectivity index (χ3n) is 3.46. The molecule has 76 valence electrons. The molecule has 2 atom stereocenters. The molecule has 0 aromatic rings. The summed E-state index contributed by atoms with van der Waals surface area (Å²) < 4.78 is 0.